The maximum absolute atomic E-state index is 14.9. The van der Waals surface area contributed by atoms with Crippen molar-refractivity contribution in [3.8, 4) is 44.9 Å². The second-order valence-corrected chi connectivity index (χ2v) is 36.8. The fraction of sp³-hybridized carbons (Fsp3) is 0.429. The van der Waals surface area contributed by atoms with E-state index in [1.165, 1.54) is 87.7 Å². The Morgan fingerprint density at radius 2 is 0.748 bits per heavy atom. The van der Waals surface area contributed by atoms with E-state index in [0.717, 1.165) is 287 Å². The molecule has 9 N–H and O–H groups in total. The van der Waals surface area contributed by atoms with Crippen molar-refractivity contribution in [2.45, 2.75) is 165 Å². The van der Waals surface area contributed by atoms with Crippen molar-refractivity contribution in [3.63, 3.8) is 0 Å². The number of nitrogens with one attached hydrogen (secondary N) is 9. The van der Waals surface area contributed by atoms with Crippen LogP contribution in [0.3, 0.4) is 0 Å². The van der Waals surface area contributed by atoms with Gasteiger partial charge in [-0.1, -0.05) is 11.6 Å². The molecule has 0 spiro atoms. The van der Waals surface area contributed by atoms with Crippen LogP contribution in [0.4, 0.5) is 40.8 Å². The Bertz CT molecular complexity index is 6730. The summed E-state index contributed by atoms with van der Waals surface area (Å²) in [5.74, 6) is 2.11. The summed E-state index contributed by atoms with van der Waals surface area (Å²) in [6.07, 6.45) is 32.6. The van der Waals surface area contributed by atoms with Crippen LogP contribution in [-0.4, -0.2) is 268 Å². The highest BCUT2D eigenvalue weighted by Crippen LogP contribution is 2.43. The van der Waals surface area contributed by atoms with Crippen LogP contribution in [-0.2, 0) is 25.5 Å². The maximum atomic E-state index is 14.9. The number of ether oxygens (including phenoxy) is 4. The van der Waals surface area contributed by atoms with Gasteiger partial charge in [0, 0.05) is 186 Å². The van der Waals surface area contributed by atoms with E-state index in [2.05, 4.69) is 132 Å². The third-order valence-electron chi connectivity index (χ3n) is 28.3. The average Bonchev–Trinajstić information content (AvgIpc) is 1.63. The van der Waals surface area contributed by atoms with Gasteiger partial charge in [0.25, 0.3) is 0 Å². The summed E-state index contributed by atoms with van der Waals surface area (Å²) in [5.41, 5.74) is 11.1. The van der Waals surface area contributed by atoms with Gasteiger partial charge in [0.05, 0.1) is 115 Å². The molecule has 4 aliphatic heterocycles. The molecular formula is C98H108ClF4N27O5. The SMILES string of the molecule is CCn1c(-c2ccc3[nH]c4ncnc(NC5CCC(N6CCOCC6)CC5)c4c3c2)n[nH]c1=O.Fc1cncc(-c2cc3c(cc2Cl)[nH]c2ncnc(NC4CCC(N5CCOCC5)CC4)c23)c1.Fc1cncc(-c2cc3c(cc2F)[nH]c2ncnc(NC4CCC(N5CCOCC5)CC4)c23)c1.Fc1cncc(-c2ccc3[nH]c4ncnc(NC5CCC(N6CCOCC6)CC5)c4c3n2)c1. The van der Waals surface area contributed by atoms with E-state index >= 15 is 0 Å². The predicted molar refractivity (Wildman–Crippen MR) is 514 cm³/mol. The molecule has 24 rings (SSSR count). The van der Waals surface area contributed by atoms with Crippen LogP contribution in [0.2, 0.25) is 5.02 Å². The zero-order valence-corrected chi connectivity index (χ0v) is 75.9. The van der Waals surface area contributed by atoms with Gasteiger partial charge in [0.2, 0.25) is 0 Å². The van der Waals surface area contributed by atoms with E-state index in [0.29, 0.717) is 105 Å². The first-order chi connectivity index (χ1) is 66.3. The fourth-order valence-electron chi connectivity index (χ4n) is 21.4. The van der Waals surface area contributed by atoms with E-state index in [4.69, 9.17) is 35.5 Å². The number of fused-ring (bicyclic) bond motifs is 12. The third kappa shape index (κ3) is 19.5. The molecule has 135 heavy (non-hydrogen) atoms. The van der Waals surface area contributed by atoms with Crippen LogP contribution in [0.1, 0.15) is 110 Å². The Labute approximate surface area is 779 Å². The van der Waals surface area contributed by atoms with Crippen molar-refractivity contribution in [2.24, 2.45) is 0 Å². The van der Waals surface area contributed by atoms with Crippen molar-refractivity contribution in [3.05, 3.63) is 174 Å². The first-order valence-corrected chi connectivity index (χ1v) is 47.8. The number of aromatic amines is 5. The number of hydrogen-bond acceptors (Lipinski definition) is 26. The predicted octanol–water partition coefficient (Wildman–Crippen LogP) is 16.0. The van der Waals surface area contributed by atoms with E-state index in [-0.39, 0.29) is 11.5 Å². The standard InChI is InChI=1S/C25H26ClFN6O.C25H26F2N6O.C24H26FN7O.C24H30N8O2/c26-21-11-22-20(10-19(21)15-9-16(27)13-28-12-15)23-24(29-14-30-25(23)32-22)31-17-1-3-18(4-2-17)33-5-7-34-8-6-33;26-16-9-15(12-28-13-16)19-10-20-22(11-21(19)27)32-25-23(20)24(29-14-30-25)31-17-1-3-18(4-2-17)33-5-7-34-8-6-33;25-16-11-15(12-26-13-16)19-5-6-20-22(30-19)21-23(27-14-28-24(21)31-20)29-17-1-3-18(4-2-17)32-7-9-33-10-8-32;1-2-32-23(29-30-24(32)33)15-3-8-19-18(13-15)20-21(25-14-26-22(20)28-19)27-16-4-6-17(7-5-16)31-9-11-34-12-10-31/h2*9-14,17-18H,1-8H2,(H2,29,30,31,32);5-6,11-14,17-18H,1-4,7-10H2,(H2,27,28,29,31);3,8,13-14,16-17H,2,4-7,9-12H2,1H3,(H,30,33)(H2,25,26,27,28). The van der Waals surface area contributed by atoms with Gasteiger partial charge in [0.15, 0.2) is 5.82 Å². The lowest BCUT2D eigenvalue weighted by Gasteiger charge is -2.39. The van der Waals surface area contributed by atoms with Gasteiger partial charge in [-0.15, -0.1) is 0 Å². The minimum Gasteiger partial charge on any atom is -0.379 e. The Kier molecular flexibility index (Phi) is 26.6. The van der Waals surface area contributed by atoms with Gasteiger partial charge in [0.1, 0.15) is 100.0 Å². The van der Waals surface area contributed by atoms with Crippen LogP contribution in [0.5, 0.6) is 0 Å². The molecule has 16 aromatic rings. The molecule has 17 heterocycles. The summed E-state index contributed by atoms with van der Waals surface area (Å²) in [6, 6.07) is 25.0. The molecule has 700 valence electrons. The lowest BCUT2D eigenvalue weighted by Crippen LogP contribution is -2.46. The number of morpholine rings is 4. The second kappa shape index (κ2) is 40.3. The van der Waals surface area contributed by atoms with Gasteiger partial charge < -0.3 is 60.2 Å². The van der Waals surface area contributed by atoms with Gasteiger partial charge in [-0.3, -0.25) is 39.1 Å². The summed E-state index contributed by atoms with van der Waals surface area (Å²) >= 11 is 6.56. The van der Waals surface area contributed by atoms with E-state index in [1.807, 2.05) is 43.3 Å². The lowest BCUT2D eigenvalue weighted by atomic mass is 9.90. The summed E-state index contributed by atoms with van der Waals surface area (Å²) in [5, 5.41) is 28.4. The maximum Gasteiger partial charge on any atom is 0.343 e. The fourth-order valence-corrected chi connectivity index (χ4v) is 21.6. The van der Waals surface area contributed by atoms with Crippen molar-refractivity contribution in [2.75, 3.05) is 126 Å². The van der Waals surface area contributed by atoms with Gasteiger partial charge in [-0.05, 0) is 182 Å². The summed E-state index contributed by atoms with van der Waals surface area (Å²) < 4.78 is 79.8. The Balaban J connectivity index is 0.000000108. The van der Waals surface area contributed by atoms with Crippen molar-refractivity contribution < 1.29 is 36.5 Å². The van der Waals surface area contributed by atoms with Gasteiger partial charge in [-0.2, -0.15) is 5.10 Å². The normalized spacial score (nSPS) is 21.9. The molecular weight excluding hydrogens is 1750 g/mol. The number of aromatic nitrogens is 19. The highest BCUT2D eigenvalue weighted by atomic mass is 35.5. The number of pyridine rings is 4. The smallest absolute Gasteiger partial charge is 0.343 e. The summed E-state index contributed by atoms with van der Waals surface area (Å²) in [4.78, 5) is 88.4. The molecule has 4 saturated heterocycles. The van der Waals surface area contributed by atoms with Gasteiger partial charge in [-0.25, -0.2) is 72.3 Å². The monoisotopic (exact) mass is 1850 g/mol. The highest BCUT2D eigenvalue weighted by molar-refractivity contribution is 6.34. The molecule has 8 fully saturated rings. The van der Waals surface area contributed by atoms with Crippen LogP contribution in [0.15, 0.2) is 140 Å². The largest absolute Gasteiger partial charge is 0.379 e. The molecule has 3 aromatic carbocycles. The first kappa shape index (κ1) is 89.2. The van der Waals surface area contributed by atoms with Crippen LogP contribution in [0, 0.1) is 23.3 Å². The number of hydrogen-bond donors (Lipinski definition) is 9. The Morgan fingerprint density at radius 3 is 1.18 bits per heavy atom. The zero-order chi connectivity index (χ0) is 91.4. The third-order valence-corrected chi connectivity index (χ3v) is 28.7. The molecule has 4 aliphatic carbocycles. The molecule has 0 atom stereocenters. The zero-order valence-electron chi connectivity index (χ0n) is 75.1. The number of benzene rings is 3. The Hall–Kier alpha value is -12.4. The molecule has 0 amide bonds. The number of H-pyrrole nitrogens is 5. The van der Waals surface area contributed by atoms with Crippen LogP contribution >= 0.6 is 11.6 Å². The molecule has 32 nitrogen and oxygen atoms in total. The quantitative estimate of drug-likeness (QED) is 0.0382. The molecule has 0 bridgehead atoms. The van der Waals surface area contributed by atoms with Crippen molar-refractivity contribution in [1.29, 1.82) is 0 Å². The number of rotatable bonds is 17. The van der Waals surface area contributed by atoms with Crippen molar-refractivity contribution in [1.82, 2.24) is 114 Å². The molecule has 37 heteroatoms. The molecule has 8 aliphatic rings. The van der Waals surface area contributed by atoms with Gasteiger partial charge >= 0.3 is 5.69 Å². The van der Waals surface area contributed by atoms with E-state index < -0.39 is 17.5 Å². The topological polar surface area (TPSA) is 367 Å². The van der Waals surface area contributed by atoms with Crippen LogP contribution in [0.25, 0.3) is 133 Å². The van der Waals surface area contributed by atoms with E-state index in [1.54, 1.807) is 42.0 Å². The van der Waals surface area contributed by atoms with Crippen LogP contribution < -0.4 is 27.0 Å². The molecule has 0 unspecified atom stereocenters. The highest BCUT2D eigenvalue weighted by Gasteiger charge is 2.34. The van der Waals surface area contributed by atoms with Crippen molar-refractivity contribution >= 4 is 123 Å². The first-order valence-electron chi connectivity index (χ1n) is 47.4. The lowest BCUT2D eigenvalue weighted by molar-refractivity contribution is 0.00788. The summed E-state index contributed by atoms with van der Waals surface area (Å²) in [7, 11) is 0. The molecule has 4 saturated carbocycles. The minimum atomic E-state index is -0.505. The number of halogens is 5. The summed E-state index contributed by atoms with van der Waals surface area (Å²) in [6.45, 7) is 17.5. The Morgan fingerprint density at radius 1 is 0.385 bits per heavy atom. The van der Waals surface area contributed by atoms with E-state index in [9.17, 15) is 22.4 Å². The molecule has 13 aromatic heterocycles. The molecule has 0 radical (unpaired) electrons. The average molecular weight is 1860 g/mol. The minimum absolute atomic E-state index is 0.199. The second-order valence-electron chi connectivity index (χ2n) is 36.4. The number of anilines is 4. The number of nitrogens with zero attached hydrogens (tertiary/aromatic N) is 18.